The number of carboxylic acids is 1. The zero-order chi connectivity index (χ0) is 9.40. The number of hydrogen-bond donors (Lipinski definition) is 1. The molecule has 0 aliphatic heterocycles. The third kappa shape index (κ3) is 6.76. The van der Waals surface area contributed by atoms with Gasteiger partial charge in [0.15, 0.2) is 0 Å². The molecule has 0 unspecified atom stereocenters. The fraction of sp³-hybridized carbons (Fsp3) is 0.429. The van der Waals surface area contributed by atoms with Gasteiger partial charge in [0, 0.05) is 0 Å². The Morgan fingerprint density at radius 2 is 2.08 bits per heavy atom. The van der Waals surface area contributed by atoms with Crippen LogP contribution in [0.25, 0.3) is 0 Å². The van der Waals surface area contributed by atoms with Gasteiger partial charge in [-0.05, 0) is 0 Å². The minimum absolute atomic E-state index is 0.106. The Balaban J connectivity index is 3.31. The molecule has 0 spiro atoms. The number of ether oxygens (including phenoxy) is 2. The quantitative estimate of drug-likeness (QED) is 0.446. The van der Waals surface area contributed by atoms with Crippen molar-refractivity contribution in [2.45, 2.75) is 0 Å². The fourth-order valence-electron chi connectivity index (χ4n) is 0.415. The summed E-state index contributed by atoms with van der Waals surface area (Å²) >= 11 is 0. The van der Waals surface area contributed by atoms with Gasteiger partial charge >= 0.3 is 11.9 Å². The fourth-order valence-corrected chi connectivity index (χ4v) is 0.415. The molecule has 0 rings (SSSR count). The summed E-state index contributed by atoms with van der Waals surface area (Å²) in [5.74, 6) is -1.72. The molecule has 1 N–H and O–H groups in total. The largest absolute Gasteiger partial charge is 0.480 e. The summed E-state index contributed by atoms with van der Waals surface area (Å²) in [4.78, 5) is 20.5. The summed E-state index contributed by atoms with van der Waals surface area (Å²) in [6.45, 7) is 2.59. The van der Waals surface area contributed by atoms with Gasteiger partial charge in [0.25, 0.3) is 0 Å². The minimum Gasteiger partial charge on any atom is -0.480 e. The molecule has 0 heterocycles. The molecule has 0 aliphatic rings. The van der Waals surface area contributed by atoms with Crippen molar-refractivity contribution in [3.05, 3.63) is 12.7 Å². The van der Waals surface area contributed by atoms with Crippen LogP contribution in [0.2, 0.25) is 0 Å². The molecule has 0 aromatic heterocycles. The molecular formula is C7H10O5. The van der Waals surface area contributed by atoms with Crippen LogP contribution in [-0.4, -0.2) is 36.9 Å². The van der Waals surface area contributed by atoms with E-state index in [1.807, 2.05) is 0 Å². The van der Waals surface area contributed by atoms with Crippen LogP contribution in [0.15, 0.2) is 12.7 Å². The molecule has 5 nitrogen and oxygen atoms in total. The van der Waals surface area contributed by atoms with Crippen LogP contribution >= 0.6 is 0 Å². The first-order valence-electron chi connectivity index (χ1n) is 3.23. The van der Waals surface area contributed by atoms with E-state index in [0.717, 1.165) is 0 Å². The number of rotatable bonds is 6. The predicted octanol–water partition coefficient (Wildman–Crippen LogP) is -0.183. The Bertz CT molecular complexity index is 175. The van der Waals surface area contributed by atoms with E-state index in [-0.39, 0.29) is 13.2 Å². The summed E-state index contributed by atoms with van der Waals surface area (Å²) in [5, 5.41) is 8.11. The molecule has 0 atom stereocenters. The minimum atomic E-state index is -1.12. The number of carbonyl (C=O) groups excluding carboxylic acids is 1. The molecule has 0 amide bonds. The van der Waals surface area contributed by atoms with E-state index in [1.165, 1.54) is 6.08 Å². The predicted molar refractivity (Wildman–Crippen MR) is 39.6 cm³/mol. The first kappa shape index (κ1) is 10.6. The number of aliphatic carboxylic acids is 1. The van der Waals surface area contributed by atoms with Crippen molar-refractivity contribution < 1.29 is 24.2 Å². The van der Waals surface area contributed by atoms with Crippen LogP contribution in [0.4, 0.5) is 0 Å². The molecule has 0 bridgehead atoms. The molecule has 0 fully saturated rings. The molecule has 0 radical (unpaired) electrons. The molecule has 0 aromatic rings. The van der Waals surface area contributed by atoms with Crippen molar-refractivity contribution in [2.24, 2.45) is 0 Å². The first-order valence-corrected chi connectivity index (χ1v) is 3.23. The number of esters is 1. The molecule has 68 valence electrons. The smallest absolute Gasteiger partial charge is 0.332 e. The van der Waals surface area contributed by atoms with Gasteiger partial charge in [0.05, 0.1) is 0 Å². The molecule has 0 saturated carbocycles. The molecule has 12 heavy (non-hydrogen) atoms. The van der Waals surface area contributed by atoms with Gasteiger partial charge in [0.2, 0.25) is 0 Å². The maximum atomic E-state index is 10.6. The van der Waals surface area contributed by atoms with Crippen LogP contribution in [0.1, 0.15) is 0 Å². The number of hydrogen-bond acceptors (Lipinski definition) is 4. The Labute approximate surface area is 69.6 Å². The number of carbonyl (C=O) groups is 2. The van der Waals surface area contributed by atoms with Crippen LogP contribution in [-0.2, 0) is 19.1 Å². The maximum absolute atomic E-state index is 10.6. The summed E-state index contributed by atoms with van der Waals surface area (Å²) < 4.78 is 8.94. The van der Waals surface area contributed by atoms with Crippen LogP contribution < -0.4 is 0 Å². The molecule has 5 heteroatoms. The topological polar surface area (TPSA) is 72.8 Å². The molecule has 0 saturated heterocycles. The zero-order valence-corrected chi connectivity index (χ0v) is 6.49. The van der Waals surface area contributed by atoms with Gasteiger partial charge in [-0.25, -0.2) is 9.59 Å². The Kier molecular flexibility index (Phi) is 5.64. The van der Waals surface area contributed by atoms with E-state index in [2.05, 4.69) is 16.1 Å². The second-order valence-corrected chi connectivity index (χ2v) is 1.86. The highest BCUT2D eigenvalue weighted by Gasteiger charge is 2.03. The summed E-state index contributed by atoms with van der Waals surface area (Å²) in [6, 6.07) is 0. The van der Waals surface area contributed by atoms with E-state index in [1.54, 1.807) is 0 Å². The zero-order valence-electron chi connectivity index (χ0n) is 6.49. The van der Waals surface area contributed by atoms with E-state index in [4.69, 9.17) is 5.11 Å². The van der Waals surface area contributed by atoms with Gasteiger partial charge in [-0.3, -0.25) is 0 Å². The maximum Gasteiger partial charge on any atom is 0.332 e. The van der Waals surface area contributed by atoms with Crippen molar-refractivity contribution in [3.63, 3.8) is 0 Å². The van der Waals surface area contributed by atoms with Gasteiger partial charge in [-0.2, -0.15) is 0 Å². The standard InChI is InChI=1S/C7H10O5/c1-2-3-12-7(10)5-11-4-6(8)9/h2H,1,3-5H2,(H,8,9). The Morgan fingerprint density at radius 1 is 1.42 bits per heavy atom. The van der Waals surface area contributed by atoms with Gasteiger partial charge < -0.3 is 14.6 Å². The highest BCUT2D eigenvalue weighted by atomic mass is 16.6. The molecule has 0 aliphatic carbocycles. The van der Waals surface area contributed by atoms with Crippen LogP contribution in [0, 0.1) is 0 Å². The van der Waals surface area contributed by atoms with Gasteiger partial charge in [0.1, 0.15) is 19.8 Å². The summed E-state index contributed by atoms with van der Waals surface area (Å²) in [7, 11) is 0. The lowest BCUT2D eigenvalue weighted by molar-refractivity contribution is -0.151. The molecule has 0 aromatic carbocycles. The van der Waals surface area contributed by atoms with E-state index >= 15 is 0 Å². The van der Waals surface area contributed by atoms with Crippen molar-refractivity contribution in [2.75, 3.05) is 19.8 Å². The SMILES string of the molecule is C=CCOC(=O)COCC(=O)O. The summed E-state index contributed by atoms with van der Waals surface area (Å²) in [5.41, 5.74) is 0. The van der Waals surface area contributed by atoms with E-state index in [9.17, 15) is 9.59 Å². The monoisotopic (exact) mass is 174 g/mol. The van der Waals surface area contributed by atoms with Crippen molar-refractivity contribution >= 4 is 11.9 Å². The number of carboxylic acid groups (broad SMARTS) is 1. The highest BCUT2D eigenvalue weighted by Crippen LogP contribution is 1.81. The van der Waals surface area contributed by atoms with Crippen molar-refractivity contribution in [3.8, 4) is 0 Å². The average Bonchev–Trinajstić information content (AvgIpc) is 2.00. The summed E-state index contributed by atoms with van der Waals surface area (Å²) in [6.07, 6.45) is 1.41. The van der Waals surface area contributed by atoms with Crippen molar-refractivity contribution in [1.29, 1.82) is 0 Å². The van der Waals surface area contributed by atoms with Crippen LogP contribution in [0.5, 0.6) is 0 Å². The highest BCUT2D eigenvalue weighted by molar-refractivity contribution is 5.72. The lowest BCUT2D eigenvalue weighted by Gasteiger charge is -2.00. The Hall–Kier alpha value is -1.36. The van der Waals surface area contributed by atoms with Crippen LogP contribution in [0.3, 0.4) is 0 Å². The third-order valence-electron chi connectivity index (χ3n) is 0.808. The molecular weight excluding hydrogens is 164 g/mol. The first-order chi connectivity index (χ1) is 5.66. The lowest BCUT2D eigenvalue weighted by atomic mass is 10.6. The van der Waals surface area contributed by atoms with Crippen molar-refractivity contribution in [1.82, 2.24) is 0 Å². The van der Waals surface area contributed by atoms with Gasteiger partial charge in [-0.15, -0.1) is 0 Å². The second kappa shape index (κ2) is 6.36. The van der Waals surface area contributed by atoms with E-state index in [0.29, 0.717) is 0 Å². The van der Waals surface area contributed by atoms with Gasteiger partial charge in [-0.1, -0.05) is 12.7 Å². The van der Waals surface area contributed by atoms with E-state index < -0.39 is 18.5 Å². The normalized spacial score (nSPS) is 9.00. The third-order valence-corrected chi connectivity index (χ3v) is 0.808. The Morgan fingerprint density at radius 3 is 2.58 bits per heavy atom. The lowest BCUT2D eigenvalue weighted by Crippen LogP contribution is -2.16. The second-order valence-electron chi connectivity index (χ2n) is 1.86. The average molecular weight is 174 g/mol.